The molecule has 2 heterocycles. The molecule has 1 saturated heterocycles. The summed E-state index contributed by atoms with van der Waals surface area (Å²) in [4.78, 5) is 30.3. The average Bonchev–Trinajstić information content (AvgIpc) is 3.04. The lowest BCUT2D eigenvalue weighted by Crippen LogP contribution is -2.42. The summed E-state index contributed by atoms with van der Waals surface area (Å²) in [6, 6.07) is 8.32. The molecular weight excluding hydrogens is 353 g/mol. The topological polar surface area (TPSA) is 62.3 Å². The molecule has 26 heavy (non-hydrogen) atoms. The van der Waals surface area contributed by atoms with E-state index < -0.39 is 0 Å². The molecule has 0 bridgehead atoms. The van der Waals surface area contributed by atoms with Crippen LogP contribution >= 0.6 is 11.3 Å². The number of hydrogen-bond acceptors (Lipinski definition) is 4. The number of benzene rings is 2. The number of likely N-dealkylation sites (tertiary alicyclic amines) is 1. The van der Waals surface area contributed by atoms with Crippen molar-refractivity contribution in [1.29, 1.82) is 0 Å². The van der Waals surface area contributed by atoms with Gasteiger partial charge in [-0.3, -0.25) is 9.59 Å². The van der Waals surface area contributed by atoms with E-state index in [4.69, 9.17) is 0 Å². The lowest BCUT2D eigenvalue weighted by molar-refractivity contribution is -0.132. The lowest BCUT2D eigenvalue weighted by Gasteiger charge is -2.31. The normalized spacial score (nSPS) is 17.6. The van der Waals surface area contributed by atoms with Gasteiger partial charge in [-0.2, -0.15) is 0 Å². The van der Waals surface area contributed by atoms with Gasteiger partial charge in [-0.15, -0.1) is 0 Å². The van der Waals surface area contributed by atoms with Crippen LogP contribution < -0.4 is 5.32 Å². The Morgan fingerprint density at radius 2 is 2.15 bits per heavy atom. The van der Waals surface area contributed by atoms with Gasteiger partial charge >= 0.3 is 0 Å². The molecule has 0 saturated carbocycles. The Balaban J connectivity index is 1.58. The van der Waals surface area contributed by atoms with Gasteiger partial charge in [-0.25, -0.2) is 9.37 Å². The van der Waals surface area contributed by atoms with E-state index in [1.54, 1.807) is 11.0 Å². The van der Waals surface area contributed by atoms with Gasteiger partial charge < -0.3 is 10.2 Å². The van der Waals surface area contributed by atoms with Crippen molar-refractivity contribution in [2.24, 2.45) is 5.92 Å². The smallest absolute Gasteiger partial charge is 0.231 e. The summed E-state index contributed by atoms with van der Waals surface area (Å²) in [5.74, 6) is -0.598. The van der Waals surface area contributed by atoms with Crippen LogP contribution in [0.3, 0.4) is 0 Å². The van der Waals surface area contributed by atoms with E-state index >= 15 is 0 Å². The van der Waals surface area contributed by atoms with Crippen molar-refractivity contribution >= 4 is 49.3 Å². The van der Waals surface area contributed by atoms with Gasteiger partial charge in [0.15, 0.2) is 5.13 Å². The first-order chi connectivity index (χ1) is 12.5. The maximum Gasteiger partial charge on any atom is 0.231 e. The van der Waals surface area contributed by atoms with Crippen molar-refractivity contribution in [3.63, 3.8) is 0 Å². The van der Waals surface area contributed by atoms with Crippen LogP contribution in [-0.4, -0.2) is 34.8 Å². The quantitative estimate of drug-likeness (QED) is 0.746. The molecule has 0 unspecified atom stereocenters. The highest BCUT2D eigenvalue weighted by molar-refractivity contribution is 7.23. The molecule has 7 heteroatoms. The molecule has 1 fully saturated rings. The maximum atomic E-state index is 13.4. The number of nitrogens with one attached hydrogen (secondary N) is 1. The lowest BCUT2D eigenvalue weighted by atomic mass is 9.97. The fraction of sp³-hybridized carbons (Fsp3) is 0.316. The standard InChI is InChI=1S/C19H18FN3O2S/c1-11(24)23-8-2-3-13(10-23)18(25)22-19-21-16-7-4-12-9-14(20)5-6-15(12)17(16)26-19/h4-7,9,13H,2-3,8,10H2,1H3,(H,21,22,25)/t13-/m0/s1. The van der Waals surface area contributed by atoms with Crippen LogP contribution in [0.5, 0.6) is 0 Å². The van der Waals surface area contributed by atoms with Crippen LogP contribution in [0.2, 0.25) is 0 Å². The van der Waals surface area contributed by atoms with Crippen molar-refractivity contribution in [1.82, 2.24) is 9.88 Å². The Hall–Kier alpha value is -2.54. The molecule has 5 nitrogen and oxygen atoms in total. The zero-order chi connectivity index (χ0) is 18.3. The second kappa shape index (κ2) is 6.64. The number of anilines is 1. The minimum atomic E-state index is -0.276. The molecule has 1 aliphatic rings. The summed E-state index contributed by atoms with van der Waals surface area (Å²) in [6.45, 7) is 2.69. The summed E-state index contributed by atoms with van der Waals surface area (Å²) in [5.41, 5.74) is 0.776. The van der Waals surface area contributed by atoms with E-state index in [1.807, 2.05) is 12.1 Å². The Morgan fingerprint density at radius 3 is 2.96 bits per heavy atom. The molecule has 1 N–H and O–H groups in total. The monoisotopic (exact) mass is 371 g/mol. The Morgan fingerprint density at radius 1 is 1.31 bits per heavy atom. The van der Waals surface area contributed by atoms with Crippen molar-refractivity contribution in [2.75, 3.05) is 18.4 Å². The highest BCUT2D eigenvalue weighted by Gasteiger charge is 2.27. The molecule has 2 aromatic carbocycles. The first-order valence-corrected chi connectivity index (χ1v) is 9.38. The molecule has 3 aromatic rings. The van der Waals surface area contributed by atoms with Crippen LogP contribution in [0.4, 0.5) is 9.52 Å². The SMILES string of the molecule is CC(=O)N1CCC[C@H](C(=O)Nc2nc3ccc4cc(F)ccc4c3s2)C1. The third kappa shape index (κ3) is 3.14. The number of amides is 2. The van der Waals surface area contributed by atoms with Crippen molar-refractivity contribution in [3.05, 3.63) is 36.1 Å². The van der Waals surface area contributed by atoms with Gasteiger partial charge in [-0.1, -0.05) is 17.4 Å². The summed E-state index contributed by atoms with van der Waals surface area (Å²) < 4.78 is 14.3. The van der Waals surface area contributed by atoms with Crippen molar-refractivity contribution in [3.8, 4) is 0 Å². The van der Waals surface area contributed by atoms with Gasteiger partial charge in [0.2, 0.25) is 11.8 Å². The molecule has 1 aliphatic heterocycles. The van der Waals surface area contributed by atoms with E-state index in [1.165, 1.54) is 30.4 Å². The van der Waals surface area contributed by atoms with Crippen molar-refractivity contribution < 1.29 is 14.0 Å². The maximum absolute atomic E-state index is 13.4. The number of aromatic nitrogens is 1. The number of halogens is 1. The number of fused-ring (bicyclic) bond motifs is 3. The highest BCUT2D eigenvalue weighted by atomic mass is 32.1. The number of carbonyl (C=O) groups is 2. The zero-order valence-electron chi connectivity index (χ0n) is 14.3. The summed E-state index contributed by atoms with van der Waals surface area (Å²) >= 11 is 1.39. The highest BCUT2D eigenvalue weighted by Crippen LogP contribution is 2.33. The predicted molar refractivity (Wildman–Crippen MR) is 101 cm³/mol. The van der Waals surface area contributed by atoms with Crippen LogP contribution in [-0.2, 0) is 9.59 Å². The number of carbonyl (C=O) groups excluding carboxylic acids is 2. The molecule has 0 aliphatic carbocycles. The van der Waals surface area contributed by atoms with Gasteiger partial charge in [0.25, 0.3) is 0 Å². The molecular formula is C19H18FN3O2S. The van der Waals surface area contributed by atoms with Gasteiger partial charge in [0, 0.05) is 25.4 Å². The summed E-state index contributed by atoms with van der Waals surface area (Å²) in [5, 5.41) is 5.15. The zero-order valence-corrected chi connectivity index (χ0v) is 15.1. The minimum absolute atomic E-state index is 0.00110. The molecule has 134 valence electrons. The van der Waals surface area contributed by atoms with Crippen LogP contribution in [0.25, 0.3) is 21.0 Å². The molecule has 1 aromatic heterocycles. The Kier molecular flexibility index (Phi) is 4.32. The number of piperidine rings is 1. The Bertz CT molecular complexity index is 1020. The molecule has 0 spiro atoms. The third-order valence-corrected chi connectivity index (χ3v) is 5.82. The Labute approximate surface area is 153 Å². The first-order valence-electron chi connectivity index (χ1n) is 8.56. The number of thiazole rings is 1. The second-order valence-corrected chi connectivity index (χ2v) is 7.59. The summed E-state index contributed by atoms with van der Waals surface area (Å²) in [7, 11) is 0. The van der Waals surface area contributed by atoms with Gasteiger partial charge in [-0.05, 0) is 42.5 Å². The minimum Gasteiger partial charge on any atom is -0.342 e. The fourth-order valence-electron chi connectivity index (χ4n) is 3.42. The van der Waals surface area contributed by atoms with Crippen LogP contribution in [0.15, 0.2) is 30.3 Å². The van der Waals surface area contributed by atoms with E-state index in [0.717, 1.165) is 33.8 Å². The van der Waals surface area contributed by atoms with Crippen molar-refractivity contribution in [2.45, 2.75) is 19.8 Å². The predicted octanol–water partition coefficient (Wildman–Crippen LogP) is 3.79. The number of rotatable bonds is 2. The van der Waals surface area contributed by atoms with Gasteiger partial charge in [0.05, 0.1) is 16.1 Å². The second-order valence-electron chi connectivity index (χ2n) is 6.59. The third-order valence-electron chi connectivity index (χ3n) is 4.80. The number of nitrogens with zero attached hydrogens (tertiary/aromatic N) is 2. The van der Waals surface area contributed by atoms with E-state index in [2.05, 4.69) is 10.3 Å². The van der Waals surface area contributed by atoms with Crippen LogP contribution in [0, 0.1) is 11.7 Å². The van der Waals surface area contributed by atoms with E-state index in [0.29, 0.717) is 18.2 Å². The molecule has 4 rings (SSSR count). The fourth-order valence-corrected chi connectivity index (χ4v) is 4.43. The van der Waals surface area contributed by atoms with Gasteiger partial charge in [0.1, 0.15) is 5.82 Å². The van der Waals surface area contributed by atoms with E-state index in [-0.39, 0.29) is 23.5 Å². The number of hydrogen-bond donors (Lipinski definition) is 1. The first kappa shape index (κ1) is 16.9. The summed E-state index contributed by atoms with van der Waals surface area (Å²) in [6.07, 6.45) is 1.59. The molecule has 1 atom stereocenters. The van der Waals surface area contributed by atoms with Crippen LogP contribution in [0.1, 0.15) is 19.8 Å². The molecule has 0 radical (unpaired) electrons. The van der Waals surface area contributed by atoms with E-state index in [9.17, 15) is 14.0 Å². The largest absolute Gasteiger partial charge is 0.342 e. The average molecular weight is 371 g/mol. The molecule has 2 amide bonds.